The van der Waals surface area contributed by atoms with Crippen LogP contribution in [-0.4, -0.2) is 24.0 Å². The monoisotopic (exact) mass is 465 g/mol. The van der Waals surface area contributed by atoms with E-state index in [4.69, 9.17) is 5.73 Å². The van der Waals surface area contributed by atoms with Gasteiger partial charge in [0.05, 0.1) is 6.54 Å². The number of pyridine rings is 1. The highest BCUT2D eigenvalue weighted by atomic mass is 127. The number of aliphatic imine (C=N–C) groups is 1. The second kappa shape index (κ2) is 10.4. The molecule has 6 heteroatoms. The Labute approximate surface area is 173 Å². The molecule has 140 valence electrons. The second-order valence-corrected chi connectivity index (χ2v) is 6.62. The molecule has 26 heavy (non-hydrogen) atoms. The summed E-state index contributed by atoms with van der Waals surface area (Å²) >= 11 is 0. The first kappa shape index (κ1) is 20.5. The van der Waals surface area contributed by atoms with Gasteiger partial charge in [0.1, 0.15) is 5.82 Å². The summed E-state index contributed by atoms with van der Waals surface area (Å²) in [5.41, 5.74) is 9.29. The van der Waals surface area contributed by atoms with E-state index in [1.54, 1.807) is 0 Å². The van der Waals surface area contributed by atoms with Crippen LogP contribution >= 0.6 is 24.0 Å². The van der Waals surface area contributed by atoms with Crippen LogP contribution in [0.25, 0.3) is 0 Å². The number of nitrogens with one attached hydrogen (secondary N) is 1. The Balaban J connectivity index is 0.00000243. The van der Waals surface area contributed by atoms with E-state index >= 15 is 0 Å². The quantitative estimate of drug-likeness (QED) is 0.401. The summed E-state index contributed by atoms with van der Waals surface area (Å²) in [4.78, 5) is 11.4. The summed E-state index contributed by atoms with van der Waals surface area (Å²) in [7, 11) is 0. The van der Waals surface area contributed by atoms with E-state index in [-0.39, 0.29) is 24.0 Å². The van der Waals surface area contributed by atoms with Crippen LogP contribution in [0.1, 0.15) is 36.8 Å². The number of nitrogens with two attached hydrogens (primary N) is 1. The van der Waals surface area contributed by atoms with Gasteiger partial charge in [-0.05, 0) is 55.2 Å². The minimum atomic E-state index is 0. The second-order valence-electron chi connectivity index (χ2n) is 6.62. The number of rotatable bonds is 4. The lowest BCUT2D eigenvalue weighted by Crippen LogP contribution is -2.25. The van der Waals surface area contributed by atoms with Crippen molar-refractivity contribution in [1.29, 1.82) is 0 Å². The maximum absolute atomic E-state index is 6.02. The van der Waals surface area contributed by atoms with Gasteiger partial charge < -0.3 is 16.0 Å². The molecule has 0 spiro atoms. The Morgan fingerprint density at radius 1 is 1.15 bits per heavy atom. The molecule has 0 amide bonds. The van der Waals surface area contributed by atoms with Crippen molar-refractivity contribution in [2.24, 2.45) is 10.7 Å². The summed E-state index contributed by atoms with van der Waals surface area (Å²) in [6.07, 6.45) is 7.01. The Bertz CT molecular complexity index is 724. The van der Waals surface area contributed by atoms with Crippen molar-refractivity contribution in [3.63, 3.8) is 0 Å². The highest BCUT2D eigenvalue weighted by molar-refractivity contribution is 14.0. The van der Waals surface area contributed by atoms with Gasteiger partial charge in [-0.15, -0.1) is 24.0 Å². The maximum atomic E-state index is 6.02. The van der Waals surface area contributed by atoms with Crippen molar-refractivity contribution in [3.8, 4) is 0 Å². The van der Waals surface area contributed by atoms with Crippen LogP contribution in [0.5, 0.6) is 0 Å². The Morgan fingerprint density at radius 3 is 2.65 bits per heavy atom. The van der Waals surface area contributed by atoms with Gasteiger partial charge in [0, 0.05) is 25.0 Å². The Morgan fingerprint density at radius 2 is 1.92 bits per heavy atom. The summed E-state index contributed by atoms with van der Waals surface area (Å²) in [5.74, 6) is 1.48. The van der Waals surface area contributed by atoms with Crippen molar-refractivity contribution in [1.82, 2.24) is 4.98 Å². The molecule has 1 aromatic carbocycles. The van der Waals surface area contributed by atoms with E-state index in [9.17, 15) is 0 Å². The van der Waals surface area contributed by atoms with Gasteiger partial charge in [-0.1, -0.05) is 25.0 Å². The van der Waals surface area contributed by atoms with Gasteiger partial charge in [0.15, 0.2) is 5.96 Å². The first-order valence-corrected chi connectivity index (χ1v) is 9.04. The number of halogens is 1. The molecule has 1 aliphatic rings. The molecule has 1 fully saturated rings. The van der Waals surface area contributed by atoms with Crippen molar-refractivity contribution >= 4 is 41.4 Å². The van der Waals surface area contributed by atoms with Crippen molar-refractivity contribution < 1.29 is 0 Å². The molecular formula is C20H28IN5. The lowest BCUT2D eigenvalue weighted by atomic mass is 10.2. The lowest BCUT2D eigenvalue weighted by molar-refractivity contribution is 0.726. The molecular weight excluding hydrogens is 437 g/mol. The van der Waals surface area contributed by atoms with Crippen molar-refractivity contribution in [2.75, 3.05) is 23.3 Å². The molecule has 0 bridgehead atoms. The van der Waals surface area contributed by atoms with E-state index in [0.29, 0.717) is 12.5 Å². The fourth-order valence-electron chi connectivity index (χ4n) is 3.12. The maximum Gasteiger partial charge on any atom is 0.193 e. The molecule has 2 aromatic rings. The van der Waals surface area contributed by atoms with Gasteiger partial charge in [-0.2, -0.15) is 0 Å². The van der Waals surface area contributed by atoms with Crippen LogP contribution in [0.4, 0.5) is 11.5 Å². The number of anilines is 2. The van der Waals surface area contributed by atoms with E-state index in [1.807, 2.05) is 30.5 Å². The molecule has 1 aromatic heterocycles. The standard InChI is InChI=1S/C20H27N5.HI/c1-16-7-6-8-18(13-16)24-20(21)23-15-17-9-10-22-19(14-17)25-11-4-2-3-5-12-25;/h6-10,13-14H,2-5,11-12,15H2,1H3,(H3,21,23,24);1H. The molecule has 0 unspecified atom stereocenters. The number of benzene rings is 1. The molecule has 1 aliphatic heterocycles. The van der Waals surface area contributed by atoms with E-state index in [1.165, 1.54) is 31.2 Å². The minimum absolute atomic E-state index is 0. The fraction of sp³-hybridized carbons (Fsp3) is 0.400. The first-order valence-electron chi connectivity index (χ1n) is 9.04. The topological polar surface area (TPSA) is 66.5 Å². The first-order chi connectivity index (χ1) is 12.2. The number of nitrogens with zero attached hydrogens (tertiary/aromatic N) is 3. The highest BCUT2D eigenvalue weighted by Gasteiger charge is 2.11. The van der Waals surface area contributed by atoms with Crippen LogP contribution in [0.3, 0.4) is 0 Å². The average molecular weight is 465 g/mol. The van der Waals surface area contributed by atoms with Gasteiger partial charge in [-0.25, -0.2) is 9.98 Å². The smallest absolute Gasteiger partial charge is 0.193 e. The molecule has 0 aliphatic carbocycles. The molecule has 0 saturated carbocycles. The molecule has 3 rings (SSSR count). The molecule has 3 N–H and O–H groups in total. The zero-order valence-electron chi connectivity index (χ0n) is 15.3. The summed E-state index contributed by atoms with van der Waals surface area (Å²) < 4.78 is 0. The van der Waals surface area contributed by atoms with Crippen molar-refractivity contribution in [3.05, 3.63) is 53.7 Å². The largest absolute Gasteiger partial charge is 0.370 e. The molecule has 5 nitrogen and oxygen atoms in total. The number of hydrogen-bond acceptors (Lipinski definition) is 3. The number of aryl methyl sites for hydroxylation is 1. The molecule has 0 atom stereocenters. The molecule has 1 saturated heterocycles. The van der Waals surface area contributed by atoms with Crippen LogP contribution in [0.2, 0.25) is 0 Å². The third-order valence-corrected chi connectivity index (χ3v) is 4.46. The SMILES string of the molecule is Cc1cccc(NC(N)=NCc2ccnc(N3CCCCCC3)c2)c1.I. The fourth-order valence-corrected chi connectivity index (χ4v) is 3.12. The normalized spacial score (nSPS) is 15.1. The summed E-state index contributed by atoms with van der Waals surface area (Å²) in [5, 5.41) is 3.14. The van der Waals surface area contributed by atoms with E-state index < -0.39 is 0 Å². The van der Waals surface area contributed by atoms with E-state index in [2.05, 4.69) is 39.2 Å². The summed E-state index contributed by atoms with van der Waals surface area (Å²) in [6, 6.07) is 12.2. The number of hydrogen-bond donors (Lipinski definition) is 2. The number of guanidine groups is 1. The van der Waals surface area contributed by atoms with Crippen LogP contribution < -0.4 is 16.0 Å². The van der Waals surface area contributed by atoms with Crippen molar-refractivity contribution in [2.45, 2.75) is 39.2 Å². The third kappa shape index (κ3) is 6.16. The highest BCUT2D eigenvalue weighted by Crippen LogP contribution is 2.18. The Hall–Kier alpha value is -1.83. The summed E-state index contributed by atoms with van der Waals surface area (Å²) in [6.45, 7) is 4.79. The molecule has 0 radical (unpaired) electrons. The predicted octanol–water partition coefficient (Wildman–Crippen LogP) is 4.32. The van der Waals surface area contributed by atoms with Gasteiger partial charge in [0.25, 0.3) is 0 Å². The van der Waals surface area contributed by atoms with E-state index in [0.717, 1.165) is 30.2 Å². The minimum Gasteiger partial charge on any atom is -0.370 e. The van der Waals surface area contributed by atoms with Crippen LogP contribution in [-0.2, 0) is 6.54 Å². The van der Waals surface area contributed by atoms with Crippen LogP contribution in [0, 0.1) is 6.92 Å². The zero-order valence-corrected chi connectivity index (χ0v) is 17.6. The number of aromatic nitrogens is 1. The average Bonchev–Trinajstić information content (AvgIpc) is 2.90. The van der Waals surface area contributed by atoms with Gasteiger partial charge in [-0.3, -0.25) is 0 Å². The lowest BCUT2D eigenvalue weighted by Gasteiger charge is -2.21. The van der Waals surface area contributed by atoms with Gasteiger partial charge in [0.2, 0.25) is 0 Å². The van der Waals surface area contributed by atoms with Crippen LogP contribution in [0.15, 0.2) is 47.6 Å². The third-order valence-electron chi connectivity index (χ3n) is 4.46. The zero-order chi connectivity index (χ0) is 17.5. The molecule has 2 heterocycles. The Kier molecular flexibility index (Phi) is 8.15. The predicted molar refractivity (Wildman–Crippen MR) is 120 cm³/mol. The van der Waals surface area contributed by atoms with Gasteiger partial charge >= 0.3 is 0 Å².